The summed E-state index contributed by atoms with van der Waals surface area (Å²) in [7, 11) is 3.26. The molecule has 2 aromatic carbocycles. The molecule has 7 nitrogen and oxygen atoms in total. The zero-order chi connectivity index (χ0) is 23.5. The molecule has 2 amide bonds. The van der Waals surface area contributed by atoms with E-state index >= 15 is 0 Å². The molecule has 176 valence electrons. The van der Waals surface area contributed by atoms with Crippen LogP contribution in [0.4, 0.5) is 0 Å². The zero-order valence-electron chi connectivity index (χ0n) is 19.2. The zero-order valence-corrected chi connectivity index (χ0v) is 19.9. The Hall–Kier alpha value is -2.93. The van der Waals surface area contributed by atoms with E-state index in [0.717, 1.165) is 28.2 Å². The number of carbonyl (C=O) groups is 2. The first-order valence-corrected chi connectivity index (χ1v) is 11.5. The second-order valence-corrected chi connectivity index (χ2v) is 8.89. The first-order chi connectivity index (χ1) is 15.9. The lowest BCUT2D eigenvalue weighted by Crippen LogP contribution is -2.44. The molecule has 0 bridgehead atoms. The first-order valence-electron chi connectivity index (χ1n) is 11.1. The van der Waals surface area contributed by atoms with Gasteiger partial charge in [0.1, 0.15) is 23.4 Å². The van der Waals surface area contributed by atoms with Gasteiger partial charge < -0.3 is 24.4 Å². The number of ether oxygens (including phenoxy) is 3. The third kappa shape index (κ3) is 5.03. The van der Waals surface area contributed by atoms with Gasteiger partial charge >= 0.3 is 0 Å². The van der Waals surface area contributed by atoms with E-state index in [1.54, 1.807) is 26.0 Å². The summed E-state index contributed by atoms with van der Waals surface area (Å²) in [5, 5.41) is 3.55. The number of hydrogen-bond donors (Lipinski definition) is 1. The molecule has 4 rings (SSSR count). The summed E-state index contributed by atoms with van der Waals surface area (Å²) < 4.78 is 16.9. The van der Waals surface area contributed by atoms with Gasteiger partial charge in [0.05, 0.1) is 25.8 Å². The molecule has 0 aromatic heterocycles. The molecule has 1 atom stereocenters. The van der Waals surface area contributed by atoms with Crippen molar-refractivity contribution < 1.29 is 23.8 Å². The van der Waals surface area contributed by atoms with Crippen LogP contribution in [0.1, 0.15) is 25.3 Å². The van der Waals surface area contributed by atoms with Crippen molar-refractivity contribution >= 4 is 23.4 Å². The molecular weight excluding hydrogens is 444 g/mol. The minimum atomic E-state index is -0.179. The number of amides is 2. The van der Waals surface area contributed by atoms with E-state index in [1.165, 1.54) is 0 Å². The standard InChI is InChI=1S/C25H29ClN2O5/c1-15(29)28-8-6-16(7-9-28)25(30)27-14-20-11-18-10-17(12-22(26)24(18)33-20)21-13-19(31-2)4-5-23(21)32-3/h4-5,10,12-13,16,20H,6-9,11,14H2,1-3H3,(H,27,30)/t20-/m1/s1. The molecule has 2 heterocycles. The van der Waals surface area contributed by atoms with E-state index in [1.807, 2.05) is 24.3 Å². The Morgan fingerprint density at radius 3 is 2.58 bits per heavy atom. The number of piperidine rings is 1. The van der Waals surface area contributed by atoms with E-state index in [0.29, 0.717) is 49.7 Å². The Kier molecular flexibility index (Phi) is 6.98. The van der Waals surface area contributed by atoms with Crippen molar-refractivity contribution in [2.24, 2.45) is 5.92 Å². The molecule has 0 aliphatic carbocycles. The van der Waals surface area contributed by atoms with Crippen LogP contribution in [0.5, 0.6) is 17.2 Å². The van der Waals surface area contributed by atoms with Gasteiger partial charge in [0.25, 0.3) is 0 Å². The first kappa shape index (κ1) is 23.2. The predicted octanol–water partition coefficient (Wildman–Crippen LogP) is 3.70. The smallest absolute Gasteiger partial charge is 0.223 e. The highest BCUT2D eigenvalue weighted by Gasteiger charge is 2.29. The van der Waals surface area contributed by atoms with Gasteiger partial charge in [-0.25, -0.2) is 0 Å². The largest absolute Gasteiger partial charge is 0.497 e. The number of hydrogen-bond acceptors (Lipinski definition) is 5. The number of fused-ring (bicyclic) bond motifs is 1. The van der Waals surface area contributed by atoms with E-state index in [-0.39, 0.29) is 23.8 Å². The van der Waals surface area contributed by atoms with Gasteiger partial charge in [-0.1, -0.05) is 11.6 Å². The fraction of sp³-hybridized carbons (Fsp3) is 0.440. The van der Waals surface area contributed by atoms with Gasteiger partial charge in [-0.2, -0.15) is 0 Å². The lowest BCUT2D eigenvalue weighted by molar-refractivity contribution is -0.134. The van der Waals surface area contributed by atoms with Crippen molar-refractivity contribution in [3.05, 3.63) is 40.9 Å². The fourth-order valence-electron chi connectivity index (χ4n) is 4.51. The second kappa shape index (κ2) is 9.91. The minimum absolute atomic E-state index is 0.0191. The summed E-state index contributed by atoms with van der Waals surface area (Å²) in [5.41, 5.74) is 2.80. The Morgan fingerprint density at radius 2 is 1.91 bits per heavy atom. The number of nitrogens with zero attached hydrogens (tertiary/aromatic N) is 1. The molecule has 0 unspecified atom stereocenters. The Labute approximate surface area is 198 Å². The average molecular weight is 473 g/mol. The molecule has 0 spiro atoms. The van der Waals surface area contributed by atoms with Crippen LogP contribution in [-0.4, -0.2) is 56.7 Å². The summed E-state index contributed by atoms with van der Waals surface area (Å²) in [6, 6.07) is 9.55. The molecule has 0 radical (unpaired) electrons. The van der Waals surface area contributed by atoms with Crippen LogP contribution in [0.2, 0.25) is 5.02 Å². The number of rotatable bonds is 6. The molecule has 0 saturated carbocycles. The van der Waals surface area contributed by atoms with Crippen molar-refractivity contribution in [3.63, 3.8) is 0 Å². The number of benzene rings is 2. The van der Waals surface area contributed by atoms with E-state index < -0.39 is 0 Å². The molecule has 33 heavy (non-hydrogen) atoms. The van der Waals surface area contributed by atoms with Gasteiger partial charge in [0, 0.05) is 43.5 Å². The van der Waals surface area contributed by atoms with Gasteiger partial charge in [0.15, 0.2) is 0 Å². The van der Waals surface area contributed by atoms with E-state index in [2.05, 4.69) is 11.4 Å². The van der Waals surface area contributed by atoms with Crippen LogP contribution in [0.15, 0.2) is 30.3 Å². The van der Waals surface area contributed by atoms with Crippen molar-refractivity contribution in [1.82, 2.24) is 10.2 Å². The third-order valence-electron chi connectivity index (χ3n) is 6.39. The topological polar surface area (TPSA) is 77.1 Å². The lowest BCUT2D eigenvalue weighted by atomic mass is 9.95. The van der Waals surface area contributed by atoms with Gasteiger partial charge in [-0.3, -0.25) is 9.59 Å². The quantitative estimate of drug-likeness (QED) is 0.693. The maximum Gasteiger partial charge on any atom is 0.223 e. The maximum atomic E-state index is 12.6. The Bertz CT molecular complexity index is 1050. The molecule has 1 N–H and O–H groups in total. The van der Waals surface area contributed by atoms with Crippen molar-refractivity contribution in [3.8, 4) is 28.4 Å². The van der Waals surface area contributed by atoms with Gasteiger partial charge in [-0.15, -0.1) is 0 Å². The van der Waals surface area contributed by atoms with Crippen molar-refractivity contribution in [1.29, 1.82) is 0 Å². The highest BCUT2D eigenvalue weighted by atomic mass is 35.5. The number of nitrogens with one attached hydrogen (secondary N) is 1. The number of halogens is 1. The molecule has 1 fully saturated rings. The highest BCUT2D eigenvalue weighted by molar-refractivity contribution is 6.32. The second-order valence-electron chi connectivity index (χ2n) is 8.48. The molecule has 2 aliphatic rings. The third-order valence-corrected chi connectivity index (χ3v) is 6.67. The van der Waals surface area contributed by atoms with Crippen molar-refractivity contribution in [2.45, 2.75) is 32.3 Å². The minimum Gasteiger partial charge on any atom is -0.497 e. The van der Waals surface area contributed by atoms with E-state index in [4.69, 9.17) is 25.8 Å². The molecular formula is C25H29ClN2O5. The summed E-state index contributed by atoms with van der Waals surface area (Å²) in [6.45, 7) is 3.24. The van der Waals surface area contributed by atoms with Crippen LogP contribution >= 0.6 is 11.6 Å². The predicted molar refractivity (Wildman–Crippen MR) is 126 cm³/mol. The van der Waals surface area contributed by atoms with E-state index in [9.17, 15) is 9.59 Å². The number of carbonyl (C=O) groups excluding carboxylic acids is 2. The van der Waals surface area contributed by atoms with Gasteiger partial charge in [0.2, 0.25) is 11.8 Å². The maximum absolute atomic E-state index is 12.6. The molecule has 2 aromatic rings. The summed E-state index contributed by atoms with van der Waals surface area (Å²) in [4.78, 5) is 25.9. The van der Waals surface area contributed by atoms with Crippen molar-refractivity contribution in [2.75, 3.05) is 33.9 Å². The van der Waals surface area contributed by atoms with Crippen LogP contribution in [0, 0.1) is 5.92 Å². The molecule has 1 saturated heterocycles. The van der Waals surface area contributed by atoms with Gasteiger partial charge in [-0.05, 0) is 48.7 Å². The summed E-state index contributed by atoms with van der Waals surface area (Å²) in [5.74, 6) is 2.13. The number of methoxy groups -OCH3 is 2. The fourth-order valence-corrected chi connectivity index (χ4v) is 4.80. The van der Waals surface area contributed by atoms with Crippen LogP contribution in [0.3, 0.4) is 0 Å². The average Bonchev–Trinajstić information content (AvgIpc) is 3.25. The summed E-state index contributed by atoms with van der Waals surface area (Å²) >= 11 is 6.57. The number of likely N-dealkylation sites (tertiary alicyclic amines) is 1. The lowest BCUT2D eigenvalue weighted by Gasteiger charge is -2.30. The highest BCUT2D eigenvalue weighted by Crippen LogP contribution is 2.42. The van der Waals surface area contributed by atoms with Crippen LogP contribution < -0.4 is 19.5 Å². The van der Waals surface area contributed by atoms with Crippen LogP contribution in [-0.2, 0) is 16.0 Å². The Morgan fingerprint density at radius 1 is 1.15 bits per heavy atom. The monoisotopic (exact) mass is 472 g/mol. The molecule has 8 heteroatoms. The SMILES string of the molecule is COc1ccc(OC)c(-c2cc(Cl)c3c(c2)C[C@H](CNC(=O)C2CCN(C(C)=O)CC2)O3)c1. The normalized spacial score (nSPS) is 17.8. The molecule has 2 aliphatic heterocycles. The van der Waals surface area contributed by atoms with Crippen LogP contribution in [0.25, 0.3) is 11.1 Å². The Balaban J connectivity index is 1.41. The summed E-state index contributed by atoms with van der Waals surface area (Å²) in [6.07, 6.45) is 1.85.